The molecule has 0 amide bonds. The molecule has 2 heteroatoms. The van der Waals surface area contributed by atoms with Crippen molar-refractivity contribution in [2.45, 2.75) is 45.6 Å². The Hall–Kier alpha value is -0.0800. The first-order valence-electron chi connectivity index (χ1n) is 4.86. The number of rotatable bonds is 4. The van der Waals surface area contributed by atoms with Crippen LogP contribution in [-0.2, 0) is 4.74 Å². The van der Waals surface area contributed by atoms with Crippen molar-refractivity contribution >= 4 is 0 Å². The first-order chi connectivity index (χ1) is 5.64. The summed E-state index contributed by atoms with van der Waals surface area (Å²) in [6, 6.07) is 0. The predicted octanol–water partition coefficient (Wildman–Crippen LogP) is 1.96. The summed E-state index contributed by atoms with van der Waals surface area (Å²) in [5.41, 5.74) is -0.0669. The Morgan fingerprint density at radius 2 is 1.92 bits per heavy atom. The molecule has 0 atom stereocenters. The molecule has 0 aromatic carbocycles. The maximum absolute atomic E-state index is 8.99. The summed E-state index contributed by atoms with van der Waals surface area (Å²) in [7, 11) is 0. The molecule has 1 fully saturated rings. The zero-order valence-corrected chi connectivity index (χ0v) is 8.18. The molecule has 1 N–H and O–H groups in total. The fourth-order valence-corrected chi connectivity index (χ4v) is 1.44. The fourth-order valence-electron chi connectivity index (χ4n) is 1.44. The predicted molar refractivity (Wildman–Crippen MR) is 49.1 cm³/mol. The Kier molecular flexibility index (Phi) is 3.53. The minimum Gasteiger partial charge on any atom is -0.396 e. The molecule has 0 aromatic heterocycles. The molecule has 72 valence electrons. The van der Waals surface area contributed by atoms with Crippen LogP contribution in [0.1, 0.15) is 39.5 Å². The quantitative estimate of drug-likeness (QED) is 0.702. The van der Waals surface area contributed by atoms with E-state index in [4.69, 9.17) is 9.84 Å². The van der Waals surface area contributed by atoms with E-state index in [0.717, 1.165) is 0 Å². The summed E-state index contributed by atoms with van der Waals surface area (Å²) in [5.74, 6) is 0. The lowest BCUT2D eigenvalue weighted by molar-refractivity contribution is -0.0141. The van der Waals surface area contributed by atoms with Crippen molar-refractivity contribution in [1.82, 2.24) is 0 Å². The van der Waals surface area contributed by atoms with E-state index in [9.17, 15) is 0 Å². The molecule has 1 rings (SSSR count). The number of aliphatic hydroxyl groups is 1. The molecule has 0 unspecified atom stereocenters. The van der Waals surface area contributed by atoms with Crippen molar-refractivity contribution in [3.63, 3.8) is 0 Å². The number of aliphatic hydroxyl groups excluding tert-OH is 1. The highest BCUT2D eigenvalue weighted by atomic mass is 16.5. The highest BCUT2D eigenvalue weighted by Crippen LogP contribution is 2.23. The third-order valence-electron chi connectivity index (χ3n) is 2.44. The van der Waals surface area contributed by atoms with Gasteiger partial charge in [-0.1, -0.05) is 26.7 Å². The smallest absolute Gasteiger partial charge is 0.0575 e. The fraction of sp³-hybridized carbons (Fsp3) is 1.00. The maximum Gasteiger partial charge on any atom is 0.0575 e. The third-order valence-corrected chi connectivity index (χ3v) is 2.44. The Morgan fingerprint density at radius 3 is 2.42 bits per heavy atom. The minimum atomic E-state index is -0.0669. The molecule has 1 aliphatic rings. The zero-order valence-electron chi connectivity index (χ0n) is 8.18. The second kappa shape index (κ2) is 4.24. The summed E-state index contributed by atoms with van der Waals surface area (Å²) in [5, 5.41) is 8.99. The third kappa shape index (κ3) is 3.11. The van der Waals surface area contributed by atoms with Gasteiger partial charge >= 0.3 is 0 Å². The minimum absolute atomic E-state index is 0.0669. The topological polar surface area (TPSA) is 29.5 Å². The molecule has 0 radical (unpaired) electrons. The molecular weight excluding hydrogens is 152 g/mol. The van der Waals surface area contributed by atoms with Crippen molar-refractivity contribution in [1.29, 1.82) is 0 Å². The lowest BCUT2D eigenvalue weighted by atomic mass is 9.96. The van der Waals surface area contributed by atoms with E-state index in [2.05, 4.69) is 0 Å². The summed E-state index contributed by atoms with van der Waals surface area (Å²) < 4.78 is 5.70. The second-order valence-electron chi connectivity index (χ2n) is 4.54. The molecule has 1 aliphatic carbocycles. The first kappa shape index (κ1) is 10.0. The molecule has 0 saturated heterocycles. The average molecular weight is 172 g/mol. The van der Waals surface area contributed by atoms with E-state index in [1.807, 2.05) is 13.8 Å². The number of hydrogen-bond acceptors (Lipinski definition) is 2. The van der Waals surface area contributed by atoms with Crippen molar-refractivity contribution in [3.05, 3.63) is 0 Å². The lowest BCUT2D eigenvalue weighted by Crippen LogP contribution is -2.26. The van der Waals surface area contributed by atoms with E-state index in [-0.39, 0.29) is 12.0 Å². The van der Waals surface area contributed by atoms with E-state index in [0.29, 0.717) is 12.7 Å². The van der Waals surface area contributed by atoms with Gasteiger partial charge in [0.2, 0.25) is 0 Å². The van der Waals surface area contributed by atoms with Crippen molar-refractivity contribution in [2.24, 2.45) is 5.41 Å². The highest BCUT2D eigenvalue weighted by Gasteiger charge is 2.21. The Bertz CT molecular complexity index is 126. The van der Waals surface area contributed by atoms with Gasteiger partial charge in [0.15, 0.2) is 0 Å². The van der Waals surface area contributed by atoms with Gasteiger partial charge in [0, 0.05) is 5.41 Å². The molecule has 0 bridgehead atoms. The summed E-state index contributed by atoms with van der Waals surface area (Å²) in [6.07, 6.45) is 5.51. The maximum atomic E-state index is 8.99. The lowest BCUT2D eigenvalue weighted by Gasteiger charge is -2.23. The molecule has 0 heterocycles. The number of hydrogen-bond donors (Lipinski definition) is 1. The SMILES string of the molecule is CC(C)(CO)COC1CCCC1. The van der Waals surface area contributed by atoms with Gasteiger partial charge in [-0.2, -0.15) is 0 Å². The molecule has 2 nitrogen and oxygen atoms in total. The Balaban J connectivity index is 2.15. The Labute approximate surface area is 74.9 Å². The molecule has 0 spiro atoms. The van der Waals surface area contributed by atoms with Gasteiger partial charge in [-0.3, -0.25) is 0 Å². The van der Waals surface area contributed by atoms with Crippen LogP contribution in [0.2, 0.25) is 0 Å². The van der Waals surface area contributed by atoms with Crippen molar-refractivity contribution in [2.75, 3.05) is 13.2 Å². The van der Waals surface area contributed by atoms with Crippen LogP contribution in [0.3, 0.4) is 0 Å². The van der Waals surface area contributed by atoms with Gasteiger partial charge in [0.1, 0.15) is 0 Å². The standard InChI is InChI=1S/C10H20O2/c1-10(2,7-11)8-12-9-5-3-4-6-9/h9,11H,3-8H2,1-2H3. The first-order valence-corrected chi connectivity index (χ1v) is 4.86. The van der Waals surface area contributed by atoms with Crippen molar-refractivity contribution in [3.8, 4) is 0 Å². The van der Waals surface area contributed by atoms with E-state index in [1.165, 1.54) is 25.7 Å². The van der Waals surface area contributed by atoms with Crippen LogP contribution < -0.4 is 0 Å². The van der Waals surface area contributed by atoms with E-state index in [1.54, 1.807) is 0 Å². The summed E-state index contributed by atoms with van der Waals surface area (Å²) >= 11 is 0. The summed E-state index contributed by atoms with van der Waals surface area (Å²) in [4.78, 5) is 0. The van der Waals surface area contributed by atoms with E-state index < -0.39 is 0 Å². The van der Waals surface area contributed by atoms with Crippen LogP contribution in [0.5, 0.6) is 0 Å². The second-order valence-corrected chi connectivity index (χ2v) is 4.54. The molecule has 0 aromatic rings. The van der Waals surface area contributed by atoms with Crippen LogP contribution in [0.15, 0.2) is 0 Å². The van der Waals surface area contributed by atoms with Gasteiger partial charge in [-0.25, -0.2) is 0 Å². The highest BCUT2D eigenvalue weighted by molar-refractivity contribution is 4.71. The van der Waals surface area contributed by atoms with Crippen LogP contribution in [0.25, 0.3) is 0 Å². The largest absolute Gasteiger partial charge is 0.396 e. The van der Waals surface area contributed by atoms with Gasteiger partial charge in [0.25, 0.3) is 0 Å². The zero-order chi connectivity index (χ0) is 9.03. The monoisotopic (exact) mass is 172 g/mol. The average Bonchev–Trinajstić information content (AvgIpc) is 2.53. The van der Waals surface area contributed by atoms with Gasteiger partial charge in [-0.05, 0) is 12.8 Å². The molecular formula is C10H20O2. The number of ether oxygens (including phenoxy) is 1. The molecule has 0 aliphatic heterocycles. The molecule has 1 saturated carbocycles. The molecule has 12 heavy (non-hydrogen) atoms. The van der Waals surface area contributed by atoms with Crippen LogP contribution in [-0.4, -0.2) is 24.4 Å². The normalized spacial score (nSPS) is 20.2. The van der Waals surface area contributed by atoms with E-state index >= 15 is 0 Å². The van der Waals surface area contributed by atoms with Crippen LogP contribution >= 0.6 is 0 Å². The van der Waals surface area contributed by atoms with Crippen LogP contribution in [0.4, 0.5) is 0 Å². The van der Waals surface area contributed by atoms with Crippen molar-refractivity contribution < 1.29 is 9.84 Å². The van der Waals surface area contributed by atoms with Gasteiger partial charge < -0.3 is 9.84 Å². The van der Waals surface area contributed by atoms with Gasteiger partial charge in [-0.15, -0.1) is 0 Å². The Morgan fingerprint density at radius 1 is 1.33 bits per heavy atom. The van der Waals surface area contributed by atoms with Crippen LogP contribution in [0, 0.1) is 5.41 Å². The van der Waals surface area contributed by atoms with Gasteiger partial charge in [0.05, 0.1) is 19.3 Å². The summed E-state index contributed by atoms with van der Waals surface area (Å²) in [6.45, 7) is 4.96.